The summed E-state index contributed by atoms with van der Waals surface area (Å²) in [5.74, 6) is -0.147. The molecule has 27 heavy (non-hydrogen) atoms. The minimum atomic E-state index is -2.62. The Balaban J connectivity index is 2.11. The number of rotatable bonds is 5. The first-order chi connectivity index (χ1) is 12.9. The zero-order valence-corrected chi connectivity index (χ0v) is 19.3. The van der Waals surface area contributed by atoms with Crippen molar-refractivity contribution in [2.45, 2.75) is 50.9 Å². The molecule has 0 N–H and O–H groups in total. The molecule has 0 radical (unpaired) electrons. The molecule has 0 spiro atoms. The number of ether oxygens (including phenoxy) is 1. The van der Waals surface area contributed by atoms with E-state index in [4.69, 9.17) is 9.16 Å². The minimum absolute atomic E-state index is 0.0601. The van der Waals surface area contributed by atoms with Gasteiger partial charge in [0.25, 0.3) is 8.32 Å². The van der Waals surface area contributed by atoms with Gasteiger partial charge < -0.3 is 9.16 Å². The monoisotopic (exact) mass is 494 g/mol. The van der Waals surface area contributed by atoms with Crippen molar-refractivity contribution >= 4 is 47.3 Å². The zero-order valence-electron chi connectivity index (χ0n) is 16.2. The van der Waals surface area contributed by atoms with Gasteiger partial charge in [-0.2, -0.15) is 0 Å². The standard InChI is InChI=1S/C22H27IO3Si/c1-22(2,3)27(19-10-6-4-7-11-19,20-12-8-5-9-13-20)26-17-14-18(16-23)25-21(24)15-17/h4-13,17-18H,14-16H2,1-3H3/t17-,18+/m1/s1. The second-order valence-electron chi connectivity index (χ2n) is 8.11. The molecule has 1 heterocycles. The van der Waals surface area contributed by atoms with Crippen LogP contribution in [0.25, 0.3) is 0 Å². The predicted molar refractivity (Wildman–Crippen MR) is 120 cm³/mol. The van der Waals surface area contributed by atoms with Gasteiger partial charge in [-0.25, -0.2) is 0 Å². The Morgan fingerprint density at radius 2 is 1.56 bits per heavy atom. The topological polar surface area (TPSA) is 35.5 Å². The fourth-order valence-corrected chi connectivity index (χ4v) is 9.20. The van der Waals surface area contributed by atoms with E-state index in [1.807, 2.05) is 12.1 Å². The Labute approximate surface area is 176 Å². The molecule has 144 valence electrons. The van der Waals surface area contributed by atoms with Crippen molar-refractivity contribution in [3.05, 3.63) is 60.7 Å². The van der Waals surface area contributed by atoms with Crippen LogP contribution in [0, 0.1) is 0 Å². The van der Waals surface area contributed by atoms with Crippen molar-refractivity contribution in [3.63, 3.8) is 0 Å². The molecule has 2 aromatic carbocycles. The summed E-state index contributed by atoms with van der Waals surface area (Å²) in [6.45, 7) is 6.78. The fourth-order valence-electron chi connectivity index (χ4n) is 3.97. The quantitative estimate of drug-likeness (QED) is 0.272. The molecular weight excluding hydrogens is 467 g/mol. The number of alkyl halides is 1. The Bertz CT molecular complexity index is 719. The summed E-state index contributed by atoms with van der Waals surface area (Å²) in [6, 6.07) is 21.1. The molecule has 0 amide bonds. The lowest BCUT2D eigenvalue weighted by atomic mass is 10.1. The van der Waals surface area contributed by atoms with Crippen molar-refractivity contribution in [2.75, 3.05) is 4.43 Å². The van der Waals surface area contributed by atoms with Gasteiger partial charge in [-0.05, 0) is 15.4 Å². The maximum absolute atomic E-state index is 12.2. The van der Waals surface area contributed by atoms with Gasteiger partial charge in [-0.15, -0.1) is 0 Å². The Kier molecular flexibility index (Phi) is 6.43. The average Bonchev–Trinajstić information content (AvgIpc) is 2.66. The van der Waals surface area contributed by atoms with E-state index in [1.165, 1.54) is 10.4 Å². The number of hydrogen-bond acceptors (Lipinski definition) is 3. The summed E-state index contributed by atoms with van der Waals surface area (Å²) >= 11 is 2.28. The number of hydrogen-bond donors (Lipinski definition) is 0. The second-order valence-corrected chi connectivity index (χ2v) is 13.2. The van der Waals surface area contributed by atoms with Gasteiger partial charge >= 0.3 is 5.97 Å². The second kappa shape index (κ2) is 8.45. The van der Waals surface area contributed by atoms with Crippen molar-refractivity contribution in [3.8, 4) is 0 Å². The number of esters is 1. The van der Waals surface area contributed by atoms with E-state index in [2.05, 4.69) is 91.9 Å². The molecule has 3 nitrogen and oxygen atoms in total. The predicted octanol–water partition coefficient (Wildman–Crippen LogP) is 4.07. The molecule has 0 unspecified atom stereocenters. The van der Waals surface area contributed by atoms with E-state index in [1.54, 1.807) is 0 Å². The van der Waals surface area contributed by atoms with Crippen LogP contribution < -0.4 is 10.4 Å². The third-order valence-corrected chi connectivity index (χ3v) is 11.2. The first kappa shape index (κ1) is 20.5. The van der Waals surface area contributed by atoms with Gasteiger partial charge in [0, 0.05) is 10.8 Å². The lowest BCUT2D eigenvalue weighted by Gasteiger charge is -2.46. The number of halogens is 1. The van der Waals surface area contributed by atoms with Crippen LogP contribution in [-0.4, -0.2) is 30.9 Å². The van der Waals surface area contributed by atoms with Crippen LogP contribution in [0.4, 0.5) is 0 Å². The first-order valence-corrected chi connectivity index (χ1v) is 12.8. The number of carbonyl (C=O) groups is 1. The lowest BCUT2D eigenvalue weighted by Crippen LogP contribution is -2.68. The van der Waals surface area contributed by atoms with Crippen LogP contribution in [0.5, 0.6) is 0 Å². The molecule has 0 aliphatic carbocycles. The Hall–Kier alpha value is -1.18. The van der Waals surface area contributed by atoms with Gasteiger partial charge in [-0.3, -0.25) is 4.79 Å². The lowest BCUT2D eigenvalue weighted by molar-refractivity contribution is -0.157. The molecule has 0 aromatic heterocycles. The van der Waals surface area contributed by atoms with E-state index in [0.717, 1.165) is 10.8 Å². The number of cyclic esters (lactones) is 1. The van der Waals surface area contributed by atoms with Crippen molar-refractivity contribution < 1.29 is 14.0 Å². The molecule has 5 heteroatoms. The summed E-state index contributed by atoms with van der Waals surface area (Å²) in [5.41, 5.74) is 0. The molecular formula is C22H27IO3Si. The maximum atomic E-state index is 12.2. The normalized spacial score (nSPS) is 21.0. The van der Waals surface area contributed by atoms with Crippen molar-refractivity contribution in [2.24, 2.45) is 0 Å². The van der Waals surface area contributed by atoms with Gasteiger partial charge in [0.1, 0.15) is 6.10 Å². The minimum Gasteiger partial charge on any atom is -0.461 e. The SMILES string of the molecule is CC(C)(C)[Si](O[C@H]1CC(=O)O[C@H](CI)C1)(c1ccccc1)c1ccccc1. The summed E-state index contributed by atoms with van der Waals surface area (Å²) in [4.78, 5) is 12.2. The molecule has 3 rings (SSSR count). The molecule has 1 saturated heterocycles. The van der Waals surface area contributed by atoms with Crippen molar-refractivity contribution in [1.29, 1.82) is 0 Å². The number of benzene rings is 2. The Morgan fingerprint density at radius 1 is 1.04 bits per heavy atom. The number of carbonyl (C=O) groups excluding carboxylic acids is 1. The summed E-state index contributed by atoms with van der Waals surface area (Å²) in [5, 5.41) is 2.40. The van der Waals surface area contributed by atoms with Crippen LogP contribution in [-0.2, 0) is 14.0 Å². The van der Waals surface area contributed by atoms with E-state index in [0.29, 0.717) is 6.42 Å². The fraction of sp³-hybridized carbons (Fsp3) is 0.409. The van der Waals surface area contributed by atoms with Crippen LogP contribution >= 0.6 is 22.6 Å². The van der Waals surface area contributed by atoms with E-state index >= 15 is 0 Å². The molecule has 1 aliphatic heterocycles. The average molecular weight is 494 g/mol. The molecule has 1 fully saturated rings. The van der Waals surface area contributed by atoms with Crippen molar-refractivity contribution in [1.82, 2.24) is 0 Å². The highest BCUT2D eigenvalue weighted by molar-refractivity contribution is 14.1. The highest BCUT2D eigenvalue weighted by Gasteiger charge is 2.52. The smallest absolute Gasteiger partial charge is 0.308 e. The first-order valence-electron chi connectivity index (χ1n) is 9.41. The molecule has 2 atom stereocenters. The van der Waals surface area contributed by atoms with Crippen LogP contribution in [0.3, 0.4) is 0 Å². The van der Waals surface area contributed by atoms with Gasteiger partial charge in [-0.1, -0.05) is 104 Å². The maximum Gasteiger partial charge on any atom is 0.308 e. The summed E-state index contributed by atoms with van der Waals surface area (Å²) < 4.78 is 13.3. The van der Waals surface area contributed by atoms with E-state index in [9.17, 15) is 4.79 Å². The van der Waals surface area contributed by atoms with Gasteiger partial charge in [0.2, 0.25) is 0 Å². The third-order valence-electron chi connectivity index (χ3n) is 5.15. The summed E-state index contributed by atoms with van der Waals surface area (Å²) in [7, 11) is -2.62. The molecule has 2 aromatic rings. The third kappa shape index (κ3) is 4.30. The molecule has 0 bridgehead atoms. The van der Waals surface area contributed by atoms with Crippen LogP contribution in [0.2, 0.25) is 5.04 Å². The van der Waals surface area contributed by atoms with E-state index in [-0.39, 0.29) is 23.2 Å². The van der Waals surface area contributed by atoms with Crippen LogP contribution in [0.15, 0.2) is 60.7 Å². The molecule has 0 saturated carbocycles. The van der Waals surface area contributed by atoms with E-state index < -0.39 is 8.32 Å². The Morgan fingerprint density at radius 3 is 2.00 bits per heavy atom. The zero-order chi connectivity index (χ0) is 19.5. The molecule has 1 aliphatic rings. The largest absolute Gasteiger partial charge is 0.461 e. The van der Waals surface area contributed by atoms with Crippen LogP contribution in [0.1, 0.15) is 33.6 Å². The summed E-state index contributed by atoms with van der Waals surface area (Å²) in [6.07, 6.45) is 0.920. The van der Waals surface area contributed by atoms with Gasteiger partial charge in [0.05, 0.1) is 12.5 Å². The highest BCUT2D eigenvalue weighted by atomic mass is 127. The highest BCUT2D eigenvalue weighted by Crippen LogP contribution is 2.39. The van der Waals surface area contributed by atoms with Gasteiger partial charge in [0.15, 0.2) is 0 Å².